The van der Waals surface area contributed by atoms with E-state index in [2.05, 4.69) is 216 Å². The van der Waals surface area contributed by atoms with Crippen molar-refractivity contribution in [3.8, 4) is 50.2 Å². The maximum absolute atomic E-state index is 2.52. The normalized spacial score (nSPS) is 15.1. The smallest absolute Gasteiger partial charge is 0.0738 e. The summed E-state index contributed by atoms with van der Waals surface area (Å²) in [5, 5.41) is 2.47. The average Bonchev–Trinajstić information content (AvgIpc) is 3.98. The summed E-state index contributed by atoms with van der Waals surface area (Å²) in [7, 11) is 0. The number of fused-ring (bicyclic) bond motifs is 8. The number of para-hydroxylation sites is 3. The van der Waals surface area contributed by atoms with E-state index < -0.39 is 0 Å². The topological polar surface area (TPSA) is 8.17 Å². The molecule has 264 valence electrons. The number of hydrogen-bond acceptors (Lipinski definition) is 1. The average molecular weight is 723 g/mol. The largest absolute Gasteiger partial charge is 0.310 e. The molecule has 0 aliphatic heterocycles. The van der Waals surface area contributed by atoms with Crippen molar-refractivity contribution in [2.45, 2.75) is 5.41 Å². The molecule has 0 radical (unpaired) electrons. The number of nitrogens with zero attached hydrogens (tertiary/aromatic N) is 2. The van der Waals surface area contributed by atoms with Crippen molar-refractivity contribution < 1.29 is 0 Å². The molecule has 0 bridgehead atoms. The fourth-order valence-corrected chi connectivity index (χ4v) is 10.8. The molecule has 10 aromatic rings. The Hall–Kier alpha value is -7.42. The fourth-order valence-electron chi connectivity index (χ4n) is 10.8. The highest BCUT2D eigenvalue weighted by Gasteiger charge is 2.57. The molecule has 0 N–H and O–H groups in total. The summed E-state index contributed by atoms with van der Waals surface area (Å²) >= 11 is 0. The van der Waals surface area contributed by atoms with Gasteiger partial charge in [-0.05, 0) is 116 Å². The molecular formula is C55H34N2. The highest BCUT2D eigenvalue weighted by Crippen LogP contribution is 2.70. The van der Waals surface area contributed by atoms with Crippen LogP contribution in [0, 0.1) is 0 Å². The maximum atomic E-state index is 2.52. The lowest BCUT2D eigenvalue weighted by Crippen LogP contribution is -2.23. The molecule has 57 heavy (non-hydrogen) atoms. The minimum absolute atomic E-state index is 0.364. The third-order valence-electron chi connectivity index (χ3n) is 12.9. The molecule has 13 rings (SSSR count). The molecule has 0 amide bonds. The van der Waals surface area contributed by atoms with Crippen molar-refractivity contribution in [1.29, 1.82) is 0 Å². The first kappa shape index (κ1) is 30.9. The Morgan fingerprint density at radius 3 is 1.67 bits per heavy atom. The SMILES string of the molecule is c1ccc(-c2ccccc2N(c2ccc3c(c2)C24c5ccccc5-c5cccc(c52)-c2cccc-3c24)c2ccc3c(c2)c2ccccc2n3-c2ccccc2)cc1. The van der Waals surface area contributed by atoms with Crippen molar-refractivity contribution in [2.75, 3.05) is 4.90 Å². The summed E-state index contributed by atoms with van der Waals surface area (Å²) in [6.07, 6.45) is 0. The van der Waals surface area contributed by atoms with Crippen molar-refractivity contribution in [1.82, 2.24) is 4.57 Å². The number of benzene rings is 9. The van der Waals surface area contributed by atoms with Crippen LogP contribution >= 0.6 is 0 Å². The van der Waals surface area contributed by atoms with E-state index in [1.54, 1.807) is 0 Å². The van der Waals surface area contributed by atoms with Gasteiger partial charge in [-0.2, -0.15) is 0 Å². The molecule has 1 atom stereocenters. The third kappa shape index (κ3) is 3.94. The zero-order valence-electron chi connectivity index (χ0n) is 31.0. The van der Waals surface area contributed by atoms with Crippen LogP contribution in [0.5, 0.6) is 0 Å². The summed E-state index contributed by atoms with van der Waals surface area (Å²) in [6, 6.07) is 76.5. The Morgan fingerprint density at radius 1 is 0.351 bits per heavy atom. The second-order valence-corrected chi connectivity index (χ2v) is 15.6. The molecule has 1 unspecified atom stereocenters. The van der Waals surface area contributed by atoms with Gasteiger partial charge in [-0.15, -0.1) is 0 Å². The van der Waals surface area contributed by atoms with Crippen LogP contribution in [0.4, 0.5) is 17.1 Å². The van der Waals surface area contributed by atoms with Gasteiger partial charge in [0.2, 0.25) is 0 Å². The predicted molar refractivity (Wildman–Crippen MR) is 236 cm³/mol. The minimum atomic E-state index is -0.364. The summed E-state index contributed by atoms with van der Waals surface area (Å²) < 4.78 is 2.40. The van der Waals surface area contributed by atoms with Gasteiger partial charge in [0, 0.05) is 33.4 Å². The first-order chi connectivity index (χ1) is 28.3. The van der Waals surface area contributed by atoms with Gasteiger partial charge in [0.25, 0.3) is 0 Å². The van der Waals surface area contributed by atoms with Gasteiger partial charge < -0.3 is 9.47 Å². The van der Waals surface area contributed by atoms with Gasteiger partial charge in [-0.25, -0.2) is 0 Å². The van der Waals surface area contributed by atoms with E-state index in [0.717, 1.165) is 22.7 Å². The van der Waals surface area contributed by atoms with Crippen LogP contribution < -0.4 is 4.90 Å². The number of anilines is 3. The van der Waals surface area contributed by atoms with Crippen LogP contribution in [-0.2, 0) is 5.41 Å². The minimum Gasteiger partial charge on any atom is -0.310 e. The lowest BCUT2D eigenvalue weighted by molar-refractivity contribution is 0.818. The Morgan fingerprint density at radius 2 is 0.895 bits per heavy atom. The van der Waals surface area contributed by atoms with Gasteiger partial charge in [-0.1, -0.05) is 152 Å². The van der Waals surface area contributed by atoms with E-state index in [-0.39, 0.29) is 5.41 Å². The predicted octanol–water partition coefficient (Wildman–Crippen LogP) is 14.2. The molecular weight excluding hydrogens is 689 g/mol. The molecule has 1 spiro atoms. The van der Waals surface area contributed by atoms with Crippen molar-refractivity contribution in [3.63, 3.8) is 0 Å². The molecule has 3 aliphatic rings. The van der Waals surface area contributed by atoms with E-state index in [1.165, 1.54) is 88.6 Å². The maximum Gasteiger partial charge on any atom is 0.0738 e. The van der Waals surface area contributed by atoms with Crippen LogP contribution in [0.1, 0.15) is 22.3 Å². The summed E-state index contributed by atoms with van der Waals surface area (Å²) in [5.74, 6) is 0. The van der Waals surface area contributed by atoms with Gasteiger partial charge in [0.05, 0.1) is 22.1 Å². The van der Waals surface area contributed by atoms with Crippen molar-refractivity contribution in [3.05, 3.63) is 229 Å². The lowest BCUT2D eigenvalue weighted by atomic mass is 9.73. The first-order valence-electron chi connectivity index (χ1n) is 19.9. The second-order valence-electron chi connectivity index (χ2n) is 15.6. The molecule has 3 aliphatic carbocycles. The standard InChI is InChI=1S/C55H34N2/c1-3-15-35(16-4-1)39-19-8-11-27-50(39)56(37-30-32-52-47(33-37)42-21-9-12-28-51(42)57(52)36-17-5-2-6-18-36)38-29-31-41-44-23-14-25-46-45-24-13-22-43-40-20-7-10-26-48(40)55(53(43)45,54(44)46)49(41)34-38/h1-34H. The van der Waals surface area contributed by atoms with E-state index in [9.17, 15) is 0 Å². The Balaban J connectivity index is 1.10. The third-order valence-corrected chi connectivity index (χ3v) is 12.9. The zero-order chi connectivity index (χ0) is 37.2. The number of aromatic nitrogens is 1. The Kier molecular flexibility index (Phi) is 6.13. The van der Waals surface area contributed by atoms with Crippen molar-refractivity contribution >= 4 is 38.9 Å². The van der Waals surface area contributed by atoms with Gasteiger partial charge in [-0.3, -0.25) is 0 Å². The Labute approximate surface area is 331 Å². The second kappa shape index (κ2) is 11.3. The Bertz CT molecular complexity index is 3260. The highest BCUT2D eigenvalue weighted by atomic mass is 15.1. The van der Waals surface area contributed by atoms with Crippen LogP contribution in [-0.4, -0.2) is 4.57 Å². The molecule has 1 heterocycles. The highest BCUT2D eigenvalue weighted by molar-refractivity contribution is 6.11. The van der Waals surface area contributed by atoms with Gasteiger partial charge in [0.1, 0.15) is 0 Å². The lowest BCUT2D eigenvalue weighted by Gasteiger charge is -2.31. The van der Waals surface area contributed by atoms with E-state index >= 15 is 0 Å². The van der Waals surface area contributed by atoms with E-state index in [0.29, 0.717) is 0 Å². The van der Waals surface area contributed by atoms with E-state index in [4.69, 9.17) is 0 Å². The molecule has 9 aromatic carbocycles. The zero-order valence-corrected chi connectivity index (χ0v) is 31.0. The monoisotopic (exact) mass is 722 g/mol. The van der Waals surface area contributed by atoms with E-state index in [1.807, 2.05) is 0 Å². The first-order valence-corrected chi connectivity index (χ1v) is 19.9. The summed E-state index contributed by atoms with van der Waals surface area (Å²) in [5.41, 5.74) is 22.7. The molecule has 2 nitrogen and oxygen atoms in total. The van der Waals surface area contributed by atoms with Crippen LogP contribution in [0.3, 0.4) is 0 Å². The molecule has 0 fully saturated rings. The molecule has 0 saturated heterocycles. The quantitative estimate of drug-likeness (QED) is 0.172. The summed E-state index contributed by atoms with van der Waals surface area (Å²) in [6.45, 7) is 0. The van der Waals surface area contributed by atoms with Crippen LogP contribution in [0.15, 0.2) is 206 Å². The van der Waals surface area contributed by atoms with Crippen LogP contribution in [0.25, 0.3) is 72.0 Å². The van der Waals surface area contributed by atoms with Gasteiger partial charge in [0.15, 0.2) is 0 Å². The number of hydrogen-bond donors (Lipinski definition) is 0. The molecule has 0 saturated carbocycles. The van der Waals surface area contributed by atoms with Crippen molar-refractivity contribution in [2.24, 2.45) is 0 Å². The van der Waals surface area contributed by atoms with Gasteiger partial charge >= 0.3 is 0 Å². The fraction of sp³-hybridized carbons (Fsp3) is 0.0182. The molecule has 1 aromatic heterocycles. The number of rotatable bonds is 5. The van der Waals surface area contributed by atoms with Crippen LogP contribution in [0.2, 0.25) is 0 Å². The molecule has 2 heteroatoms. The summed E-state index contributed by atoms with van der Waals surface area (Å²) in [4.78, 5) is 2.50.